The summed E-state index contributed by atoms with van der Waals surface area (Å²) in [5.41, 5.74) is 0.377. The summed E-state index contributed by atoms with van der Waals surface area (Å²) in [6.45, 7) is 4.25. The number of rotatable bonds is 1. The quantitative estimate of drug-likeness (QED) is 0.643. The number of carbonyl (C=O) groups is 1. The predicted molar refractivity (Wildman–Crippen MR) is 113 cm³/mol. The monoisotopic (exact) mass is 410 g/mol. The topological polar surface area (TPSA) is 64.7 Å². The van der Waals surface area contributed by atoms with Crippen molar-refractivity contribution in [1.29, 1.82) is 10.5 Å². The number of allylic oxidation sites excluding steroid dienone is 2. The summed E-state index contributed by atoms with van der Waals surface area (Å²) < 4.78 is 0. The van der Waals surface area contributed by atoms with E-state index in [1.165, 1.54) is 0 Å². The van der Waals surface area contributed by atoms with E-state index in [4.69, 9.17) is 11.6 Å². The average molecular weight is 411 g/mol. The second-order valence-corrected chi connectivity index (χ2v) is 9.99. The molecule has 2 bridgehead atoms. The van der Waals surface area contributed by atoms with Crippen molar-refractivity contribution in [3.8, 4) is 12.1 Å². The summed E-state index contributed by atoms with van der Waals surface area (Å²) in [6, 6.07) is 20.5. The Hall–Kier alpha value is -2.88. The van der Waals surface area contributed by atoms with E-state index >= 15 is 0 Å². The summed E-state index contributed by atoms with van der Waals surface area (Å²) in [7, 11) is 0. The minimum Gasteiger partial charge on any atom is -0.293 e. The molecule has 0 aliphatic heterocycles. The minimum atomic E-state index is -1.45. The SMILES string of the molecule is CC(C)C12C=CC(=O)C3(Cl)C1C2C1(C#N)c2ccccc2C3(C#N)c2ccccc21. The van der Waals surface area contributed by atoms with Gasteiger partial charge in [-0.15, -0.1) is 11.6 Å². The van der Waals surface area contributed by atoms with E-state index in [1.54, 1.807) is 6.08 Å². The smallest absolute Gasteiger partial charge is 0.178 e. The molecule has 2 aromatic carbocycles. The third-order valence-corrected chi connectivity index (χ3v) is 9.19. The third-order valence-electron chi connectivity index (χ3n) is 8.48. The Labute approximate surface area is 180 Å². The molecule has 5 aliphatic rings. The van der Waals surface area contributed by atoms with Crippen LogP contribution in [0.25, 0.3) is 0 Å². The maximum Gasteiger partial charge on any atom is 0.178 e. The Kier molecular flexibility index (Phi) is 3.02. The van der Waals surface area contributed by atoms with Gasteiger partial charge in [0.05, 0.1) is 12.1 Å². The summed E-state index contributed by atoms with van der Waals surface area (Å²) >= 11 is 7.48. The molecule has 2 aromatic rings. The van der Waals surface area contributed by atoms with Crippen molar-refractivity contribution < 1.29 is 4.79 Å². The molecule has 4 unspecified atom stereocenters. The molecule has 1 saturated carbocycles. The molecule has 0 amide bonds. The van der Waals surface area contributed by atoms with Crippen LogP contribution in [0.4, 0.5) is 0 Å². The van der Waals surface area contributed by atoms with Gasteiger partial charge in [0, 0.05) is 17.3 Å². The molecule has 7 rings (SSSR count). The maximum absolute atomic E-state index is 13.6. The lowest BCUT2D eigenvalue weighted by Crippen LogP contribution is -2.58. The second kappa shape index (κ2) is 5.05. The Morgan fingerprint density at radius 3 is 1.90 bits per heavy atom. The zero-order valence-electron chi connectivity index (χ0n) is 16.7. The van der Waals surface area contributed by atoms with Gasteiger partial charge in [0.25, 0.3) is 0 Å². The fourth-order valence-electron chi connectivity index (χ4n) is 7.37. The zero-order chi connectivity index (χ0) is 21.1. The molecule has 30 heavy (non-hydrogen) atoms. The maximum atomic E-state index is 13.6. The highest BCUT2D eigenvalue weighted by atomic mass is 35.5. The van der Waals surface area contributed by atoms with Gasteiger partial charge in [-0.1, -0.05) is 68.5 Å². The zero-order valence-corrected chi connectivity index (χ0v) is 17.4. The minimum absolute atomic E-state index is 0.171. The van der Waals surface area contributed by atoms with Crippen molar-refractivity contribution >= 4 is 17.4 Å². The van der Waals surface area contributed by atoms with Gasteiger partial charge in [0.15, 0.2) is 5.78 Å². The van der Waals surface area contributed by atoms with Crippen molar-refractivity contribution in [2.24, 2.45) is 23.2 Å². The Morgan fingerprint density at radius 2 is 1.43 bits per heavy atom. The number of carbonyl (C=O) groups excluding carboxylic acids is 1. The molecule has 3 nitrogen and oxygen atoms in total. The van der Waals surface area contributed by atoms with Gasteiger partial charge in [0.2, 0.25) is 0 Å². The van der Waals surface area contributed by atoms with Crippen LogP contribution in [0.15, 0.2) is 60.7 Å². The number of hydrogen-bond donors (Lipinski definition) is 0. The van der Waals surface area contributed by atoms with E-state index in [1.807, 2.05) is 54.6 Å². The molecule has 0 N–H and O–H groups in total. The Morgan fingerprint density at radius 1 is 0.900 bits per heavy atom. The Balaban J connectivity index is 1.91. The van der Waals surface area contributed by atoms with Crippen LogP contribution in [0.2, 0.25) is 0 Å². The first kappa shape index (κ1) is 17.9. The van der Waals surface area contributed by atoms with Crippen molar-refractivity contribution in [3.05, 3.63) is 82.9 Å². The molecule has 4 atom stereocenters. The number of ketones is 1. The third kappa shape index (κ3) is 1.40. The normalized spacial score (nSPS) is 41.2. The van der Waals surface area contributed by atoms with Crippen LogP contribution in [0, 0.1) is 45.8 Å². The first-order valence-corrected chi connectivity index (χ1v) is 10.7. The van der Waals surface area contributed by atoms with Crippen LogP contribution >= 0.6 is 11.6 Å². The molecular formula is C26H19ClN2O. The fourth-order valence-corrected chi connectivity index (χ4v) is 8.00. The molecule has 0 heterocycles. The molecule has 0 saturated heterocycles. The van der Waals surface area contributed by atoms with Crippen LogP contribution in [0.1, 0.15) is 36.1 Å². The van der Waals surface area contributed by atoms with Gasteiger partial charge in [-0.05, 0) is 34.2 Å². The van der Waals surface area contributed by atoms with Crippen LogP contribution in [0.3, 0.4) is 0 Å². The van der Waals surface area contributed by atoms with E-state index in [9.17, 15) is 15.3 Å². The summed E-state index contributed by atoms with van der Waals surface area (Å²) in [5.74, 6) is -0.511. The molecule has 1 fully saturated rings. The van der Waals surface area contributed by atoms with Crippen molar-refractivity contribution in [2.75, 3.05) is 0 Å². The molecule has 5 aliphatic carbocycles. The van der Waals surface area contributed by atoms with Gasteiger partial charge in [-0.2, -0.15) is 10.5 Å². The molecular weight excluding hydrogens is 392 g/mol. The summed E-state index contributed by atoms with van der Waals surface area (Å²) in [6.07, 6.45) is 3.58. The number of nitrogens with zero attached hydrogens (tertiary/aromatic N) is 2. The lowest BCUT2D eigenvalue weighted by molar-refractivity contribution is -0.119. The van der Waals surface area contributed by atoms with E-state index < -0.39 is 21.1 Å². The second-order valence-electron chi connectivity index (χ2n) is 9.39. The first-order chi connectivity index (χ1) is 14.4. The Bertz CT molecular complexity index is 1230. The lowest BCUT2D eigenvalue weighted by atomic mass is 9.52. The number of halogens is 1. The van der Waals surface area contributed by atoms with Gasteiger partial charge >= 0.3 is 0 Å². The van der Waals surface area contributed by atoms with Crippen molar-refractivity contribution in [1.82, 2.24) is 0 Å². The highest BCUT2D eigenvalue weighted by molar-refractivity contribution is 6.40. The molecule has 0 spiro atoms. The number of benzene rings is 2. The molecule has 0 radical (unpaired) electrons. The molecule has 0 aromatic heterocycles. The van der Waals surface area contributed by atoms with E-state index in [0.29, 0.717) is 11.1 Å². The number of nitriles is 2. The largest absolute Gasteiger partial charge is 0.293 e. The summed E-state index contributed by atoms with van der Waals surface area (Å²) in [5, 5.41) is 21.6. The number of alkyl halides is 1. The average Bonchev–Trinajstić information content (AvgIpc) is 3.49. The highest BCUT2D eigenvalue weighted by Crippen LogP contribution is 2.83. The summed E-state index contributed by atoms with van der Waals surface area (Å²) in [4.78, 5) is 12.1. The number of hydrogen-bond acceptors (Lipinski definition) is 3. The van der Waals surface area contributed by atoms with Gasteiger partial charge in [-0.25, -0.2) is 0 Å². The van der Waals surface area contributed by atoms with Crippen LogP contribution in [-0.2, 0) is 15.6 Å². The van der Waals surface area contributed by atoms with Crippen LogP contribution in [-0.4, -0.2) is 10.7 Å². The van der Waals surface area contributed by atoms with E-state index in [-0.39, 0.29) is 23.5 Å². The van der Waals surface area contributed by atoms with Gasteiger partial charge < -0.3 is 0 Å². The first-order valence-electron chi connectivity index (χ1n) is 10.3. The van der Waals surface area contributed by atoms with Gasteiger partial charge in [0.1, 0.15) is 15.7 Å². The highest BCUT2D eigenvalue weighted by Gasteiger charge is 2.88. The molecule has 146 valence electrons. The molecule has 4 heteroatoms. The van der Waals surface area contributed by atoms with E-state index in [0.717, 1.165) is 11.1 Å². The predicted octanol–water partition coefficient (Wildman–Crippen LogP) is 4.64. The van der Waals surface area contributed by atoms with Crippen molar-refractivity contribution in [3.63, 3.8) is 0 Å². The lowest BCUT2D eigenvalue weighted by Gasteiger charge is -2.49. The van der Waals surface area contributed by atoms with Crippen LogP contribution < -0.4 is 0 Å². The standard InChI is InChI=1S/C26H19ClN2O/c1-15(2)23-12-11-20(30)26(27)22(23)21(23)24(13-28)16-7-3-5-9-18(16)25(26,14-29)19-10-6-4-8-17(19)24/h3-12,15,21-22H,1-2H3. The fraction of sp³-hybridized carbons (Fsp3) is 0.346. The van der Waals surface area contributed by atoms with Gasteiger partial charge in [-0.3, -0.25) is 4.79 Å². The van der Waals surface area contributed by atoms with E-state index in [2.05, 4.69) is 26.0 Å². The van der Waals surface area contributed by atoms with Crippen LogP contribution in [0.5, 0.6) is 0 Å². The van der Waals surface area contributed by atoms with Crippen molar-refractivity contribution in [2.45, 2.75) is 29.6 Å².